The van der Waals surface area contributed by atoms with Crippen molar-refractivity contribution in [3.8, 4) is 0 Å². The summed E-state index contributed by atoms with van der Waals surface area (Å²) in [6, 6.07) is 0. The van der Waals surface area contributed by atoms with Crippen LogP contribution in [0.1, 0.15) is 26.2 Å². The van der Waals surface area contributed by atoms with E-state index >= 15 is 0 Å². The highest BCUT2D eigenvalue weighted by Crippen LogP contribution is 2.34. The minimum atomic E-state index is -0.645. The lowest BCUT2D eigenvalue weighted by Crippen LogP contribution is -2.09. The first kappa shape index (κ1) is 8.31. The van der Waals surface area contributed by atoms with Gasteiger partial charge in [-0.2, -0.15) is 0 Å². The number of hydrogen-bond acceptors (Lipinski definition) is 1. The number of carboxylic acids is 1. The third-order valence-electron chi connectivity index (χ3n) is 2.48. The van der Waals surface area contributed by atoms with Crippen LogP contribution in [0.25, 0.3) is 0 Å². The second-order valence-corrected chi connectivity index (χ2v) is 3.39. The molecule has 1 aliphatic rings. The van der Waals surface area contributed by atoms with Gasteiger partial charge in [0, 0.05) is 0 Å². The third kappa shape index (κ3) is 1.82. The van der Waals surface area contributed by atoms with Gasteiger partial charge >= 0.3 is 5.97 Å². The molecule has 1 aliphatic carbocycles. The topological polar surface area (TPSA) is 37.3 Å². The van der Waals surface area contributed by atoms with Crippen molar-refractivity contribution in [2.75, 3.05) is 0 Å². The summed E-state index contributed by atoms with van der Waals surface area (Å²) in [6.45, 7) is 5.82. The second kappa shape index (κ2) is 3.07. The molecule has 0 aromatic rings. The lowest BCUT2D eigenvalue weighted by Gasteiger charge is -2.07. The molecule has 1 saturated carbocycles. The number of carboxylic acid groups (broad SMARTS) is 1. The van der Waals surface area contributed by atoms with Gasteiger partial charge in [-0.15, -0.1) is 0 Å². The highest BCUT2D eigenvalue weighted by molar-refractivity contribution is 5.70. The van der Waals surface area contributed by atoms with Gasteiger partial charge in [0.15, 0.2) is 0 Å². The molecule has 0 aromatic carbocycles. The molecule has 0 heterocycles. The van der Waals surface area contributed by atoms with Gasteiger partial charge in [0.1, 0.15) is 0 Å². The summed E-state index contributed by atoms with van der Waals surface area (Å²) in [5.41, 5.74) is 1.13. The Hall–Kier alpha value is -0.790. The maximum atomic E-state index is 10.5. The molecule has 1 N–H and O–H groups in total. The number of rotatable bonds is 2. The summed E-state index contributed by atoms with van der Waals surface area (Å²) in [4.78, 5) is 10.5. The monoisotopic (exact) mass is 154 g/mol. The first-order valence-electron chi connectivity index (χ1n) is 3.99. The summed E-state index contributed by atoms with van der Waals surface area (Å²) < 4.78 is 0. The average molecular weight is 154 g/mol. The van der Waals surface area contributed by atoms with Gasteiger partial charge in [-0.3, -0.25) is 4.79 Å². The summed E-state index contributed by atoms with van der Waals surface area (Å²) >= 11 is 0. The first-order chi connectivity index (χ1) is 5.11. The molecular formula is C9H14O2. The predicted octanol–water partition coefficient (Wildman–Crippen LogP) is 2.06. The maximum Gasteiger partial charge on any atom is 0.306 e. The van der Waals surface area contributed by atoms with E-state index in [-0.39, 0.29) is 5.92 Å². The van der Waals surface area contributed by atoms with Crippen LogP contribution in [0.3, 0.4) is 0 Å². The Morgan fingerprint density at radius 2 is 2.00 bits per heavy atom. The van der Waals surface area contributed by atoms with Gasteiger partial charge in [-0.05, 0) is 32.1 Å². The van der Waals surface area contributed by atoms with Crippen LogP contribution in [-0.2, 0) is 4.79 Å². The zero-order valence-corrected chi connectivity index (χ0v) is 6.84. The molecule has 0 unspecified atom stereocenters. The van der Waals surface area contributed by atoms with Crippen molar-refractivity contribution in [2.24, 2.45) is 11.8 Å². The van der Waals surface area contributed by atoms with Gasteiger partial charge in [-0.1, -0.05) is 12.2 Å². The Labute approximate surface area is 66.9 Å². The largest absolute Gasteiger partial charge is 0.481 e. The average Bonchev–Trinajstić information content (AvgIpc) is 2.33. The maximum absolute atomic E-state index is 10.5. The molecule has 0 amide bonds. The molecular weight excluding hydrogens is 140 g/mol. The fourth-order valence-electron chi connectivity index (χ4n) is 1.65. The molecule has 62 valence electrons. The molecule has 0 bridgehead atoms. The van der Waals surface area contributed by atoms with E-state index in [2.05, 4.69) is 6.58 Å². The summed E-state index contributed by atoms with van der Waals surface area (Å²) in [5, 5.41) is 8.68. The van der Waals surface area contributed by atoms with Gasteiger partial charge in [0.05, 0.1) is 5.92 Å². The van der Waals surface area contributed by atoms with Gasteiger partial charge in [-0.25, -0.2) is 0 Å². The van der Waals surface area contributed by atoms with Crippen LogP contribution < -0.4 is 0 Å². The lowest BCUT2D eigenvalue weighted by molar-refractivity contribution is -0.141. The summed E-state index contributed by atoms with van der Waals surface area (Å²) in [6.07, 6.45) is 2.63. The molecule has 0 radical (unpaired) electrons. The van der Waals surface area contributed by atoms with Crippen molar-refractivity contribution >= 4 is 5.97 Å². The zero-order valence-electron chi connectivity index (χ0n) is 6.84. The number of aliphatic carboxylic acids is 1. The molecule has 0 spiro atoms. The standard InChI is InChI=1S/C9H14O2/c1-6(2)7-3-4-8(5-7)9(10)11/h7-8H,1,3-5H2,2H3,(H,10,11)/t7-,8+/m0/s1. The van der Waals surface area contributed by atoms with E-state index in [4.69, 9.17) is 5.11 Å². The van der Waals surface area contributed by atoms with E-state index in [0.29, 0.717) is 5.92 Å². The van der Waals surface area contributed by atoms with E-state index in [9.17, 15) is 4.79 Å². The fraction of sp³-hybridized carbons (Fsp3) is 0.667. The normalized spacial score (nSPS) is 30.3. The van der Waals surface area contributed by atoms with E-state index in [0.717, 1.165) is 24.8 Å². The van der Waals surface area contributed by atoms with Crippen molar-refractivity contribution < 1.29 is 9.90 Å². The molecule has 2 heteroatoms. The summed E-state index contributed by atoms with van der Waals surface area (Å²) in [7, 11) is 0. The third-order valence-corrected chi connectivity index (χ3v) is 2.48. The molecule has 0 aromatic heterocycles. The van der Waals surface area contributed by atoms with Crippen molar-refractivity contribution in [2.45, 2.75) is 26.2 Å². The number of hydrogen-bond donors (Lipinski definition) is 1. The van der Waals surface area contributed by atoms with Gasteiger partial charge < -0.3 is 5.11 Å². The van der Waals surface area contributed by atoms with Crippen LogP contribution in [0.2, 0.25) is 0 Å². The van der Waals surface area contributed by atoms with Crippen LogP contribution >= 0.6 is 0 Å². The van der Waals surface area contributed by atoms with Crippen LogP contribution in [0.5, 0.6) is 0 Å². The predicted molar refractivity (Wildman–Crippen MR) is 43.3 cm³/mol. The molecule has 0 aliphatic heterocycles. The van der Waals surface area contributed by atoms with Crippen LogP contribution in [0.4, 0.5) is 0 Å². The second-order valence-electron chi connectivity index (χ2n) is 3.39. The highest BCUT2D eigenvalue weighted by Gasteiger charge is 2.29. The van der Waals surface area contributed by atoms with E-state index in [1.54, 1.807) is 0 Å². The van der Waals surface area contributed by atoms with E-state index < -0.39 is 5.97 Å². The molecule has 1 rings (SSSR count). The Balaban J connectivity index is 2.47. The van der Waals surface area contributed by atoms with Gasteiger partial charge in [0.2, 0.25) is 0 Å². The molecule has 11 heavy (non-hydrogen) atoms. The molecule has 1 fully saturated rings. The SMILES string of the molecule is C=C(C)[C@H]1CC[C@@H](C(=O)O)C1. The van der Waals surface area contributed by atoms with Crippen molar-refractivity contribution in [3.63, 3.8) is 0 Å². The molecule has 2 atom stereocenters. The summed E-state index contributed by atoms with van der Waals surface area (Å²) in [5.74, 6) is -0.304. The minimum absolute atomic E-state index is 0.114. The van der Waals surface area contributed by atoms with E-state index in [1.165, 1.54) is 0 Å². The Morgan fingerprint density at radius 1 is 1.45 bits per heavy atom. The minimum Gasteiger partial charge on any atom is -0.481 e. The van der Waals surface area contributed by atoms with Crippen LogP contribution in [-0.4, -0.2) is 11.1 Å². The highest BCUT2D eigenvalue weighted by atomic mass is 16.4. The van der Waals surface area contributed by atoms with Crippen molar-refractivity contribution in [1.82, 2.24) is 0 Å². The molecule has 2 nitrogen and oxygen atoms in total. The first-order valence-corrected chi connectivity index (χ1v) is 3.99. The molecule has 0 saturated heterocycles. The van der Waals surface area contributed by atoms with Crippen LogP contribution in [0, 0.1) is 11.8 Å². The van der Waals surface area contributed by atoms with Gasteiger partial charge in [0.25, 0.3) is 0 Å². The van der Waals surface area contributed by atoms with Crippen LogP contribution in [0.15, 0.2) is 12.2 Å². The lowest BCUT2D eigenvalue weighted by atomic mass is 9.99. The number of allylic oxidation sites excluding steroid dienone is 1. The Morgan fingerprint density at radius 3 is 2.27 bits per heavy atom. The van der Waals surface area contributed by atoms with E-state index in [1.807, 2.05) is 6.92 Å². The quantitative estimate of drug-likeness (QED) is 0.618. The number of carbonyl (C=O) groups is 1. The van der Waals surface area contributed by atoms with Crippen molar-refractivity contribution in [1.29, 1.82) is 0 Å². The Kier molecular flexibility index (Phi) is 2.32. The smallest absolute Gasteiger partial charge is 0.306 e. The fourth-order valence-corrected chi connectivity index (χ4v) is 1.65. The van der Waals surface area contributed by atoms with Crippen molar-refractivity contribution in [3.05, 3.63) is 12.2 Å². The Bertz CT molecular complexity index is 164. The zero-order chi connectivity index (χ0) is 8.43.